The first-order valence-electron chi connectivity index (χ1n) is 7.13. The molecular formula is C14H23N3O3S. The van der Waals surface area contributed by atoms with Crippen molar-refractivity contribution in [2.75, 3.05) is 33.4 Å². The molecule has 0 saturated heterocycles. The number of nitrogens with one attached hydrogen (secondary N) is 2. The Labute approximate surface area is 126 Å². The average molecular weight is 313 g/mol. The molecule has 1 aliphatic heterocycles. The van der Waals surface area contributed by atoms with E-state index >= 15 is 0 Å². The quantitative estimate of drug-likeness (QED) is 0.739. The van der Waals surface area contributed by atoms with E-state index in [1.165, 1.54) is 4.31 Å². The van der Waals surface area contributed by atoms with Gasteiger partial charge >= 0.3 is 0 Å². The fraction of sp³-hybridized carbons (Fsp3) is 0.571. The fourth-order valence-electron chi connectivity index (χ4n) is 2.31. The molecule has 0 bridgehead atoms. The summed E-state index contributed by atoms with van der Waals surface area (Å²) in [5.74, 6) is 0. The molecule has 1 aromatic rings. The van der Waals surface area contributed by atoms with Crippen LogP contribution in [0.4, 0.5) is 0 Å². The fourth-order valence-corrected chi connectivity index (χ4v) is 3.71. The first-order valence-corrected chi connectivity index (χ1v) is 8.57. The largest absolute Gasteiger partial charge is 0.380 e. The van der Waals surface area contributed by atoms with Gasteiger partial charge in [-0.25, -0.2) is 8.42 Å². The summed E-state index contributed by atoms with van der Waals surface area (Å²) in [6, 6.07) is 1.70. The third-order valence-corrected chi connectivity index (χ3v) is 5.36. The van der Waals surface area contributed by atoms with Gasteiger partial charge in [-0.05, 0) is 24.6 Å². The van der Waals surface area contributed by atoms with Crippen LogP contribution in [-0.4, -0.2) is 51.1 Å². The normalized spacial score (nSPS) is 17.0. The Bertz CT molecular complexity index is 592. The SMILES string of the molecule is CCNCc1cc(S(=O)(=O)N2CC=C(COC)CC2)c[nH]1. The lowest BCUT2D eigenvalue weighted by molar-refractivity contribution is 0.219. The van der Waals surface area contributed by atoms with Crippen molar-refractivity contribution in [2.45, 2.75) is 24.8 Å². The second-order valence-corrected chi connectivity index (χ2v) is 6.99. The van der Waals surface area contributed by atoms with E-state index in [1.807, 2.05) is 13.0 Å². The number of ether oxygens (including phenoxy) is 1. The molecule has 118 valence electrons. The Morgan fingerprint density at radius 2 is 2.29 bits per heavy atom. The van der Waals surface area contributed by atoms with Gasteiger partial charge in [-0.1, -0.05) is 13.0 Å². The van der Waals surface area contributed by atoms with Crippen LogP contribution in [0, 0.1) is 0 Å². The van der Waals surface area contributed by atoms with Gasteiger partial charge in [0.05, 0.1) is 11.5 Å². The second-order valence-electron chi connectivity index (χ2n) is 5.05. The minimum absolute atomic E-state index is 0.332. The summed E-state index contributed by atoms with van der Waals surface area (Å²) >= 11 is 0. The molecule has 1 aromatic heterocycles. The van der Waals surface area contributed by atoms with E-state index in [0.29, 0.717) is 31.1 Å². The van der Waals surface area contributed by atoms with E-state index in [0.717, 1.165) is 24.2 Å². The van der Waals surface area contributed by atoms with E-state index in [1.54, 1.807) is 19.4 Å². The van der Waals surface area contributed by atoms with Gasteiger partial charge in [0, 0.05) is 38.6 Å². The molecule has 2 rings (SSSR count). The van der Waals surface area contributed by atoms with E-state index < -0.39 is 10.0 Å². The van der Waals surface area contributed by atoms with Gasteiger partial charge in [0.2, 0.25) is 10.0 Å². The lowest BCUT2D eigenvalue weighted by Gasteiger charge is -2.25. The lowest BCUT2D eigenvalue weighted by atomic mass is 10.1. The summed E-state index contributed by atoms with van der Waals surface area (Å²) in [6.45, 7) is 4.99. The molecule has 7 heteroatoms. The van der Waals surface area contributed by atoms with Gasteiger partial charge in [-0.3, -0.25) is 0 Å². The van der Waals surface area contributed by atoms with Crippen LogP contribution in [0.2, 0.25) is 0 Å². The molecule has 0 radical (unpaired) electrons. The Morgan fingerprint density at radius 1 is 1.48 bits per heavy atom. The van der Waals surface area contributed by atoms with Crippen molar-refractivity contribution in [3.05, 3.63) is 29.6 Å². The van der Waals surface area contributed by atoms with Crippen LogP contribution in [0.3, 0.4) is 0 Å². The number of methoxy groups -OCH3 is 1. The van der Waals surface area contributed by atoms with Gasteiger partial charge in [0.25, 0.3) is 0 Å². The van der Waals surface area contributed by atoms with Crippen LogP contribution in [0.25, 0.3) is 0 Å². The highest BCUT2D eigenvalue weighted by Crippen LogP contribution is 2.21. The average Bonchev–Trinajstić information content (AvgIpc) is 2.96. The molecule has 0 spiro atoms. The van der Waals surface area contributed by atoms with E-state index in [-0.39, 0.29) is 0 Å². The smallest absolute Gasteiger partial charge is 0.244 e. The van der Waals surface area contributed by atoms with Crippen molar-refractivity contribution in [1.82, 2.24) is 14.6 Å². The number of nitrogens with zero attached hydrogens (tertiary/aromatic N) is 1. The van der Waals surface area contributed by atoms with Crippen molar-refractivity contribution >= 4 is 10.0 Å². The van der Waals surface area contributed by atoms with Crippen molar-refractivity contribution in [3.8, 4) is 0 Å². The zero-order valence-electron chi connectivity index (χ0n) is 12.6. The molecule has 0 fully saturated rings. The van der Waals surface area contributed by atoms with Gasteiger partial charge in [-0.15, -0.1) is 0 Å². The second kappa shape index (κ2) is 7.22. The molecule has 0 amide bonds. The zero-order valence-corrected chi connectivity index (χ0v) is 13.4. The minimum atomic E-state index is -3.42. The van der Waals surface area contributed by atoms with Crippen molar-refractivity contribution in [3.63, 3.8) is 0 Å². The molecule has 2 N–H and O–H groups in total. The number of H-pyrrole nitrogens is 1. The molecule has 0 aromatic carbocycles. The van der Waals surface area contributed by atoms with Crippen LogP contribution >= 0.6 is 0 Å². The van der Waals surface area contributed by atoms with Crippen molar-refractivity contribution in [1.29, 1.82) is 0 Å². The Morgan fingerprint density at radius 3 is 2.90 bits per heavy atom. The minimum Gasteiger partial charge on any atom is -0.380 e. The third kappa shape index (κ3) is 3.94. The number of rotatable bonds is 7. The topological polar surface area (TPSA) is 74.4 Å². The number of hydrogen-bond acceptors (Lipinski definition) is 4. The first kappa shape index (κ1) is 16.2. The number of hydrogen-bond donors (Lipinski definition) is 2. The molecule has 0 aliphatic carbocycles. The van der Waals surface area contributed by atoms with Gasteiger partial charge < -0.3 is 15.0 Å². The summed E-state index contributed by atoms with van der Waals surface area (Å²) in [5.41, 5.74) is 2.04. The standard InChI is InChI=1S/C14H23N3O3S/c1-3-15-9-13-8-14(10-16-13)21(18,19)17-6-4-12(5-7-17)11-20-2/h4,8,10,15-16H,3,5-7,9,11H2,1-2H3. The summed E-state index contributed by atoms with van der Waals surface area (Å²) in [5, 5.41) is 3.17. The Hall–Kier alpha value is -1.15. The molecule has 1 aliphatic rings. The monoisotopic (exact) mass is 313 g/mol. The predicted octanol–water partition coefficient (Wildman–Crippen LogP) is 1.09. The maximum Gasteiger partial charge on any atom is 0.244 e. The Balaban J connectivity index is 2.06. The molecule has 0 atom stereocenters. The van der Waals surface area contributed by atoms with E-state index in [2.05, 4.69) is 10.3 Å². The molecule has 21 heavy (non-hydrogen) atoms. The first-order chi connectivity index (χ1) is 10.1. The van der Waals surface area contributed by atoms with Gasteiger partial charge in [0.1, 0.15) is 0 Å². The maximum absolute atomic E-state index is 12.6. The highest BCUT2D eigenvalue weighted by molar-refractivity contribution is 7.89. The summed E-state index contributed by atoms with van der Waals surface area (Å²) in [6.07, 6.45) is 4.23. The van der Waals surface area contributed by atoms with Crippen LogP contribution < -0.4 is 5.32 Å². The molecule has 2 heterocycles. The molecule has 0 saturated carbocycles. The van der Waals surface area contributed by atoms with E-state index in [4.69, 9.17) is 4.74 Å². The number of aromatic nitrogens is 1. The third-order valence-electron chi connectivity index (χ3n) is 3.52. The predicted molar refractivity (Wildman–Crippen MR) is 81.5 cm³/mol. The molecular weight excluding hydrogens is 290 g/mol. The molecule has 6 nitrogen and oxygen atoms in total. The Kier molecular flexibility index (Phi) is 5.58. The maximum atomic E-state index is 12.6. The van der Waals surface area contributed by atoms with Gasteiger partial charge in [-0.2, -0.15) is 4.31 Å². The van der Waals surface area contributed by atoms with Crippen LogP contribution in [-0.2, 0) is 21.3 Å². The number of sulfonamides is 1. The highest BCUT2D eigenvalue weighted by Gasteiger charge is 2.26. The van der Waals surface area contributed by atoms with E-state index in [9.17, 15) is 8.42 Å². The van der Waals surface area contributed by atoms with Gasteiger partial charge in [0.15, 0.2) is 0 Å². The molecule has 0 unspecified atom stereocenters. The summed E-state index contributed by atoms with van der Waals surface area (Å²) in [4.78, 5) is 3.34. The van der Waals surface area contributed by atoms with Crippen LogP contribution in [0.1, 0.15) is 19.0 Å². The number of aromatic amines is 1. The van der Waals surface area contributed by atoms with Crippen LogP contribution in [0.15, 0.2) is 28.8 Å². The summed E-state index contributed by atoms with van der Waals surface area (Å²) in [7, 11) is -1.77. The van der Waals surface area contributed by atoms with Crippen LogP contribution in [0.5, 0.6) is 0 Å². The van der Waals surface area contributed by atoms with Crippen molar-refractivity contribution < 1.29 is 13.2 Å². The summed E-state index contributed by atoms with van der Waals surface area (Å²) < 4.78 is 31.7. The highest BCUT2D eigenvalue weighted by atomic mass is 32.2. The zero-order chi connectivity index (χ0) is 15.3. The lowest BCUT2D eigenvalue weighted by Crippen LogP contribution is -2.35. The van der Waals surface area contributed by atoms with Crippen molar-refractivity contribution in [2.24, 2.45) is 0 Å².